The lowest BCUT2D eigenvalue weighted by Crippen LogP contribution is -2.16. The molecule has 0 amide bonds. The summed E-state index contributed by atoms with van der Waals surface area (Å²) in [6.07, 6.45) is 0. The lowest BCUT2D eigenvalue weighted by molar-refractivity contribution is 0.591. The van der Waals surface area contributed by atoms with Gasteiger partial charge in [-0.15, -0.1) is 0 Å². The molecular formula is C28H23OP. The SMILES string of the molecule is CC1(C)c2ccc(-c3ccccc3)cc2-c2cc3c(cc21)-c1ccccc1P3(C)=O. The van der Waals surface area contributed by atoms with Gasteiger partial charge < -0.3 is 4.57 Å². The number of rotatable bonds is 1. The predicted molar refractivity (Wildman–Crippen MR) is 128 cm³/mol. The van der Waals surface area contributed by atoms with E-state index >= 15 is 0 Å². The molecule has 4 aromatic carbocycles. The maximum Gasteiger partial charge on any atom is 0.141 e. The molecule has 4 aromatic rings. The van der Waals surface area contributed by atoms with E-state index in [-0.39, 0.29) is 5.41 Å². The number of hydrogen-bond donors (Lipinski definition) is 0. The number of hydrogen-bond acceptors (Lipinski definition) is 1. The normalized spacial score (nSPS) is 19.7. The Labute approximate surface area is 177 Å². The van der Waals surface area contributed by atoms with Gasteiger partial charge in [0.25, 0.3) is 0 Å². The molecule has 0 N–H and O–H groups in total. The van der Waals surface area contributed by atoms with Gasteiger partial charge in [-0.05, 0) is 69.4 Å². The Hall–Kier alpha value is -2.89. The van der Waals surface area contributed by atoms with Crippen molar-refractivity contribution < 1.29 is 4.57 Å². The number of fused-ring (bicyclic) bond motifs is 6. The highest BCUT2D eigenvalue weighted by atomic mass is 31.2. The molecule has 0 saturated heterocycles. The van der Waals surface area contributed by atoms with E-state index in [4.69, 9.17) is 0 Å². The molecular weight excluding hydrogens is 383 g/mol. The molecule has 0 saturated carbocycles. The summed E-state index contributed by atoms with van der Waals surface area (Å²) in [5, 5.41) is 2.01. The molecule has 0 aromatic heterocycles. The highest BCUT2D eigenvalue weighted by Gasteiger charge is 2.41. The minimum absolute atomic E-state index is 0.0792. The minimum atomic E-state index is -2.58. The van der Waals surface area contributed by atoms with Crippen molar-refractivity contribution in [2.45, 2.75) is 19.3 Å². The van der Waals surface area contributed by atoms with E-state index in [1.165, 1.54) is 33.4 Å². The van der Waals surface area contributed by atoms with Crippen molar-refractivity contribution in [3.8, 4) is 33.4 Å². The van der Waals surface area contributed by atoms with Crippen LogP contribution in [-0.4, -0.2) is 6.66 Å². The second-order valence-corrected chi connectivity index (χ2v) is 11.9. The summed E-state index contributed by atoms with van der Waals surface area (Å²) in [5.74, 6) is 0. The zero-order chi connectivity index (χ0) is 20.7. The van der Waals surface area contributed by atoms with Crippen LogP contribution in [0.5, 0.6) is 0 Å². The molecule has 1 unspecified atom stereocenters. The van der Waals surface area contributed by atoms with E-state index in [2.05, 4.69) is 80.6 Å². The van der Waals surface area contributed by atoms with Crippen LogP contribution < -0.4 is 10.6 Å². The zero-order valence-electron chi connectivity index (χ0n) is 17.4. The number of benzene rings is 4. The van der Waals surface area contributed by atoms with Crippen LogP contribution in [0.3, 0.4) is 0 Å². The topological polar surface area (TPSA) is 17.1 Å². The maximum atomic E-state index is 13.8. The van der Waals surface area contributed by atoms with Crippen LogP contribution in [0.4, 0.5) is 0 Å². The van der Waals surface area contributed by atoms with Crippen LogP contribution in [0, 0.1) is 0 Å². The van der Waals surface area contributed by atoms with Crippen molar-refractivity contribution in [3.63, 3.8) is 0 Å². The Bertz CT molecular complexity index is 1400. The van der Waals surface area contributed by atoms with E-state index in [0.29, 0.717) is 0 Å². The Morgan fingerprint density at radius 1 is 0.600 bits per heavy atom. The highest BCUT2D eigenvalue weighted by molar-refractivity contribution is 7.79. The molecule has 1 aliphatic heterocycles. The van der Waals surface area contributed by atoms with Crippen LogP contribution >= 0.6 is 7.14 Å². The molecule has 0 fully saturated rings. The average Bonchev–Trinajstić information content (AvgIpc) is 3.13. The van der Waals surface area contributed by atoms with Gasteiger partial charge in [-0.2, -0.15) is 0 Å². The predicted octanol–water partition coefficient (Wildman–Crippen LogP) is 6.58. The van der Waals surface area contributed by atoms with Crippen LogP contribution in [0.15, 0.2) is 84.9 Å². The van der Waals surface area contributed by atoms with Crippen LogP contribution in [-0.2, 0) is 9.98 Å². The standard InChI is InChI=1S/C28H23OP/c1-28(2)24-14-13-19(18-9-5-4-6-10-18)15-21(24)22-17-27-23(16-25(22)28)20-11-7-8-12-26(20)30(27,3)29/h4-17H,1-3H3. The molecule has 0 spiro atoms. The second kappa shape index (κ2) is 5.84. The molecule has 0 radical (unpaired) electrons. The fourth-order valence-electron chi connectivity index (χ4n) is 5.37. The van der Waals surface area contributed by atoms with Gasteiger partial charge in [0.1, 0.15) is 7.14 Å². The van der Waals surface area contributed by atoms with E-state index in [9.17, 15) is 4.57 Å². The monoisotopic (exact) mass is 406 g/mol. The van der Waals surface area contributed by atoms with Gasteiger partial charge in [-0.1, -0.05) is 80.6 Å². The summed E-state index contributed by atoms with van der Waals surface area (Å²) >= 11 is 0. The Balaban J connectivity index is 1.63. The first-order valence-corrected chi connectivity index (χ1v) is 12.6. The molecule has 6 rings (SSSR count). The van der Waals surface area contributed by atoms with Crippen molar-refractivity contribution in [1.29, 1.82) is 0 Å². The molecule has 2 heteroatoms. The molecule has 30 heavy (non-hydrogen) atoms. The molecule has 1 aliphatic carbocycles. The third-order valence-corrected chi connectivity index (χ3v) is 9.61. The maximum absolute atomic E-state index is 13.8. The Kier molecular flexibility index (Phi) is 3.49. The smallest absolute Gasteiger partial charge is 0.141 e. The van der Waals surface area contributed by atoms with Crippen molar-refractivity contribution in [1.82, 2.24) is 0 Å². The van der Waals surface area contributed by atoms with E-state index < -0.39 is 7.14 Å². The van der Waals surface area contributed by atoms with Gasteiger partial charge in [-0.25, -0.2) is 0 Å². The van der Waals surface area contributed by atoms with Crippen molar-refractivity contribution in [2.75, 3.05) is 6.66 Å². The summed E-state index contributed by atoms with van der Waals surface area (Å²) in [6, 6.07) is 30.1. The fourth-order valence-corrected chi connectivity index (χ4v) is 7.67. The van der Waals surface area contributed by atoms with E-state index in [1.54, 1.807) is 0 Å². The van der Waals surface area contributed by atoms with Gasteiger partial charge in [0.05, 0.1) is 0 Å². The van der Waals surface area contributed by atoms with Gasteiger partial charge in [0, 0.05) is 16.0 Å². The molecule has 1 heterocycles. The quantitative estimate of drug-likeness (QED) is 0.326. The van der Waals surface area contributed by atoms with Crippen LogP contribution in [0.1, 0.15) is 25.0 Å². The first-order chi connectivity index (χ1) is 14.4. The third kappa shape index (κ3) is 2.22. The minimum Gasteiger partial charge on any atom is -0.314 e. The zero-order valence-corrected chi connectivity index (χ0v) is 18.3. The van der Waals surface area contributed by atoms with Gasteiger partial charge in [0.2, 0.25) is 0 Å². The van der Waals surface area contributed by atoms with Crippen molar-refractivity contribution in [3.05, 3.63) is 96.1 Å². The lowest BCUT2D eigenvalue weighted by Gasteiger charge is -2.22. The fraction of sp³-hybridized carbons (Fsp3) is 0.143. The average molecular weight is 406 g/mol. The summed E-state index contributed by atoms with van der Waals surface area (Å²) in [7, 11) is -2.58. The highest BCUT2D eigenvalue weighted by Crippen LogP contribution is 2.55. The molecule has 1 nitrogen and oxygen atoms in total. The summed E-state index contributed by atoms with van der Waals surface area (Å²) in [5.41, 5.74) is 9.85. The summed E-state index contributed by atoms with van der Waals surface area (Å²) in [4.78, 5) is 0. The molecule has 0 bridgehead atoms. The van der Waals surface area contributed by atoms with Gasteiger partial charge >= 0.3 is 0 Å². The Morgan fingerprint density at radius 2 is 1.30 bits per heavy atom. The van der Waals surface area contributed by atoms with E-state index in [1.807, 2.05) is 24.9 Å². The van der Waals surface area contributed by atoms with Crippen LogP contribution in [0.2, 0.25) is 0 Å². The molecule has 2 aliphatic rings. The third-order valence-electron chi connectivity index (χ3n) is 7.01. The van der Waals surface area contributed by atoms with E-state index in [0.717, 1.165) is 21.7 Å². The first-order valence-electron chi connectivity index (χ1n) is 10.5. The summed E-state index contributed by atoms with van der Waals surface area (Å²) in [6.45, 7) is 6.53. The molecule has 1 atom stereocenters. The van der Waals surface area contributed by atoms with Gasteiger partial charge in [-0.3, -0.25) is 0 Å². The largest absolute Gasteiger partial charge is 0.314 e. The van der Waals surface area contributed by atoms with Crippen molar-refractivity contribution in [2.24, 2.45) is 0 Å². The lowest BCUT2D eigenvalue weighted by atomic mass is 9.81. The van der Waals surface area contributed by atoms with Gasteiger partial charge in [0.15, 0.2) is 0 Å². The summed E-state index contributed by atoms with van der Waals surface area (Å²) < 4.78 is 13.8. The molecule has 146 valence electrons. The first kappa shape index (κ1) is 17.9. The van der Waals surface area contributed by atoms with Crippen LogP contribution in [0.25, 0.3) is 33.4 Å². The Morgan fingerprint density at radius 3 is 2.10 bits per heavy atom. The van der Waals surface area contributed by atoms with Crippen molar-refractivity contribution >= 4 is 17.8 Å². The second-order valence-electron chi connectivity index (χ2n) is 9.11.